The summed E-state index contributed by atoms with van der Waals surface area (Å²) in [5, 5.41) is 0. The number of likely N-dealkylation sites (tertiary alicyclic amines) is 1. The monoisotopic (exact) mass is 485 g/mol. The number of imidazole rings is 1. The predicted octanol–water partition coefficient (Wildman–Crippen LogP) is 5.63. The van der Waals surface area contributed by atoms with E-state index >= 15 is 0 Å². The molecule has 4 aromatic rings. The van der Waals surface area contributed by atoms with E-state index in [0.29, 0.717) is 19.0 Å². The molecule has 1 saturated heterocycles. The molecule has 5 rings (SSSR count). The number of rotatable bonds is 5. The molecule has 2 aromatic heterocycles. The molecule has 186 valence electrons. The van der Waals surface area contributed by atoms with E-state index in [9.17, 15) is 4.79 Å². The van der Waals surface area contributed by atoms with Crippen LogP contribution in [0.1, 0.15) is 51.0 Å². The number of hydrogen-bond donors (Lipinski definition) is 1. The van der Waals surface area contributed by atoms with Gasteiger partial charge in [0.15, 0.2) is 0 Å². The number of carbonyl (C=O) groups is 1. The van der Waals surface area contributed by atoms with Crippen molar-refractivity contribution in [2.45, 2.75) is 51.9 Å². The van der Waals surface area contributed by atoms with Gasteiger partial charge in [-0.05, 0) is 63.4 Å². The quantitative estimate of drug-likeness (QED) is 0.394. The number of aromatic nitrogens is 3. The molecule has 1 fully saturated rings. The van der Waals surface area contributed by atoms with Crippen LogP contribution in [-0.2, 0) is 11.3 Å². The molecular weight excluding hydrogens is 454 g/mol. The van der Waals surface area contributed by atoms with Crippen molar-refractivity contribution in [1.82, 2.24) is 19.3 Å². The fourth-order valence-electron chi connectivity index (χ4n) is 4.55. The average molecular weight is 486 g/mol. The first-order chi connectivity index (χ1) is 17.3. The lowest BCUT2D eigenvalue weighted by Gasteiger charge is -2.28. The summed E-state index contributed by atoms with van der Waals surface area (Å²) in [4.78, 5) is 24.0. The van der Waals surface area contributed by atoms with Crippen LogP contribution in [0.2, 0.25) is 0 Å². The van der Waals surface area contributed by atoms with Crippen molar-refractivity contribution in [3.05, 3.63) is 78.4 Å². The Morgan fingerprint density at radius 1 is 1.11 bits per heavy atom. The summed E-state index contributed by atoms with van der Waals surface area (Å²) in [6.07, 6.45) is 4.85. The van der Waals surface area contributed by atoms with Gasteiger partial charge in [-0.3, -0.25) is 9.30 Å². The largest absolute Gasteiger partial charge is 0.489 e. The maximum absolute atomic E-state index is 12.9. The molecule has 2 aromatic carbocycles. The number of nitrogens with two attached hydrogens (primary N) is 1. The van der Waals surface area contributed by atoms with Gasteiger partial charge in [-0.2, -0.15) is 0 Å². The zero-order valence-electron chi connectivity index (χ0n) is 20.8. The number of amides is 1. The summed E-state index contributed by atoms with van der Waals surface area (Å²) >= 11 is 0. The minimum Gasteiger partial charge on any atom is -0.489 e. The van der Waals surface area contributed by atoms with Gasteiger partial charge in [0, 0.05) is 24.5 Å². The average Bonchev–Trinajstić information content (AvgIpc) is 3.48. The van der Waals surface area contributed by atoms with Crippen molar-refractivity contribution in [2.24, 2.45) is 0 Å². The lowest BCUT2D eigenvalue weighted by Crippen LogP contribution is -2.36. The highest BCUT2D eigenvalue weighted by molar-refractivity contribution is 5.85. The Kier molecular flexibility index (Phi) is 6.26. The Hall–Kier alpha value is -4.07. The van der Waals surface area contributed by atoms with Crippen LogP contribution >= 0.6 is 0 Å². The van der Waals surface area contributed by atoms with Crippen LogP contribution in [0.5, 0.6) is 5.75 Å². The number of nitrogen functional groups attached to an aromatic ring is 1. The topological polar surface area (TPSA) is 95.0 Å². The van der Waals surface area contributed by atoms with E-state index in [0.717, 1.165) is 46.8 Å². The van der Waals surface area contributed by atoms with E-state index in [1.165, 1.54) is 0 Å². The lowest BCUT2D eigenvalue weighted by molar-refractivity contribution is 0.0218. The van der Waals surface area contributed by atoms with E-state index in [1.54, 1.807) is 11.1 Å². The summed E-state index contributed by atoms with van der Waals surface area (Å²) < 4.78 is 13.6. The van der Waals surface area contributed by atoms with E-state index in [1.807, 2.05) is 86.0 Å². The van der Waals surface area contributed by atoms with Crippen LogP contribution < -0.4 is 10.5 Å². The Morgan fingerprint density at radius 2 is 1.86 bits per heavy atom. The maximum atomic E-state index is 12.9. The summed E-state index contributed by atoms with van der Waals surface area (Å²) in [6.45, 7) is 6.74. The van der Waals surface area contributed by atoms with Crippen LogP contribution in [0, 0.1) is 0 Å². The molecule has 8 nitrogen and oxygen atoms in total. The molecule has 0 radical (unpaired) electrons. The van der Waals surface area contributed by atoms with Gasteiger partial charge in [0.2, 0.25) is 0 Å². The molecular formula is C28H31N5O3. The number of anilines is 1. The van der Waals surface area contributed by atoms with Crippen LogP contribution in [0.15, 0.2) is 67.0 Å². The third-order valence-corrected chi connectivity index (χ3v) is 6.17. The summed E-state index contributed by atoms with van der Waals surface area (Å²) in [7, 11) is 0. The van der Waals surface area contributed by atoms with Gasteiger partial charge < -0.3 is 15.2 Å². The molecule has 1 aliphatic rings. The molecule has 8 heteroatoms. The normalized spacial score (nSPS) is 15.9. The Bertz CT molecular complexity index is 1360. The van der Waals surface area contributed by atoms with Crippen molar-refractivity contribution in [1.29, 1.82) is 0 Å². The number of fused-ring (bicyclic) bond motifs is 1. The zero-order chi connectivity index (χ0) is 25.3. The van der Waals surface area contributed by atoms with Crippen LogP contribution in [-0.4, -0.2) is 37.5 Å². The van der Waals surface area contributed by atoms with Gasteiger partial charge >= 0.3 is 6.09 Å². The highest BCUT2D eigenvalue weighted by Gasteiger charge is 2.36. The highest BCUT2D eigenvalue weighted by atomic mass is 16.6. The van der Waals surface area contributed by atoms with Crippen molar-refractivity contribution in [2.75, 3.05) is 12.3 Å². The Balaban J connectivity index is 1.45. The zero-order valence-corrected chi connectivity index (χ0v) is 20.8. The van der Waals surface area contributed by atoms with Crippen molar-refractivity contribution in [3.63, 3.8) is 0 Å². The van der Waals surface area contributed by atoms with Gasteiger partial charge in [0.05, 0.1) is 6.04 Å². The number of hydrogen-bond acceptors (Lipinski definition) is 6. The fourth-order valence-corrected chi connectivity index (χ4v) is 4.55. The molecule has 1 amide bonds. The van der Waals surface area contributed by atoms with E-state index in [2.05, 4.69) is 4.98 Å². The Morgan fingerprint density at radius 3 is 2.58 bits per heavy atom. The Labute approximate surface area is 210 Å². The SMILES string of the molecule is CC(C)(C)OC(=O)N1CCCC1c1nc(-c2ccc(OCc3ccccc3)cc2)c2c(N)nccn12. The van der Waals surface area contributed by atoms with E-state index in [-0.39, 0.29) is 12.1 Å². The van der Waals surface area contributed by atoms with Gasteiger partial charge in [-0.15, -0.1) is 0 Å². The first kappa shape index (κ1) is 23.7. The predicted molar refractivity (Wildman–Crippen MR) is 139 cm³/mol. The highest BCUT2D eigenvalue weighted by Crippen LogP contribution is 2.37. The fraction of sp³-hybridized carbons (Fsp3) is 0.321. The van der Waals surface area contributed by atoms with Gasteiger partial charge in [-0.1, -0.05) is 30.3 Å². The molecule has 36 heavy (non-hydrogen) atoms. The van der Waals surface area contributed by atoms with E-state index in [4.69, 9.17) is 20.2 Å². The minimum atomic E-state index is -0.567. The van der Waals surface area contributed by atoms with Crippen LogP contribution in [0.3, 0.4) is 0 Å². The number of ether oxygens (including phenoxy) is 2. The number of carbonyl (C=O) groups excluding carboxylic acids is 1. The van der Waals surface area contributed by atoms with Crippen LogP contribution in [0.4, 0.5) is 10.6 Å². The van der Waals surface area contributed by atoms with Gasteiger partial charge in [0.25, 0.3) is 0 Å². The first-order valence-electron chi connectivity index (χ1n) is 12.2. The number of nitrogens with zero attached hydrogens (tertiary/aromatic N) is 4. The van der Waals surface area contributed by atoms with Crippen molar-refractivity contribution in [3.8, 4) is 17.0 Å². The summed E-state index contributed by atoms with van der Waals surface area (Å²) in [6, 6.07) is 17.6. The van der Waals surface area contributed by atoms with Crippen LogP contribution in [0.25, 0.3) is 16.8 Å². The number of benzene rings is 2. The van der Waals surface area contributed by atoms with Gasteiger partial charge in [0.1, 0.15) is 40.8 Å². The van der Waals surface area contributed by atoms with Gasteiger partial charge in [-0.25, -0.2) is 14.8 Å². The molecule has 0 spiro atoms. The van der Waals surface area contributed by atoms with Crippen molar-refractivity contribution < 1.29 is 14.3 Å². The molecule has 0 aliphatic carbocycles. The molecule has 1 aliphatic heterocycles. The van der Waals surface area contributed by atoms with E-state index < -0.39 is 5.60 Å². The molecule has 0 bridgehead atoms. The lowest BCUT2D eigenvalue weighted by atomic mass is 10.1. The summed E-state index contributed by atoms with van der Waals surface area (Å²) in [5.74, 6) is 1.91. The first-order valence-corrected chi connectivity index (χ1v) is 12.2. The van der Waals surface area contributed by atoms with Crippen molar-refractivity contribution >= 4 is 17.4 Å². The standard InChI is InChI=1S/C28H31N5O3/c1-28(2,3)36-27(34)32-16-7-10-22(32)26-31-23(24-25(29)30-15-17-33(24)26)20-11-13-21(14-12-20)35-18-19-8-5-4-6-9-19/h4-6,8-9,11-15,17,22H,7,10,16,18H2,1-3H3,(H2,29,30). The second-order valence-electron chi connectivity index (χ2n) is 9.98. The second-order valence-corrected chi connectivity index (χ2v) is 9.98. The third kappa shape index (κ3) is 4.84. The maximum Gasteiger partial charge on any atom is 0.410 e. The molecule has 3 heterocycles. The minimum absolute atomic E-state index is 0.212. The molecule has 1 unspecified atom stereocenters. The molecule has 2 N–H and O–H groups in total. The molecule has 1 atom stereocenters. The summed E-state index contributed by atoms with van der Waals surface area (Å²) in [5.41, 5.74) is 9.21. The molecule has 0 saturated carbocycles. The third-order valence-electron chi connectivity index (χ3n) is 6.17. The smallest absolute Gasteiger partial charge is 0.410 e. The second kappa shape index (κ2) is 9.53.